The van der Waals surface area contributed by atoms with Gasteiger partial charge in [0.15, 0.2) is 0 Å². The lowest BCUT2D eigenvalue weighted by atomic mass is 10.0. The van der Waals surface area contributed by atoms with E-state index in [2.05, 4.69) is 6.92 Å². The van der Waals surface area contributed by atoms with Gasteiger partial charge in [-0.25, -0.2) is 0 Å². The minimum atomic E-state index is -1.09. The Morgan fingerprint density at radius 2 is 1.00 bits per heavy atom. The highest BCUT2D eigenvalue weighted by Crippen LogP contribution is 2.26. The van der Waals surface area contributed by atoms with Crippen molar-refractivity contribution in [3.63, 3.8) is 0 Å². The van der Waals surface area contributed by atoms with E-state index < -0.39 is 23.7 Å². The molecule has 4 nitrogen and oxygen atoms in total. The van der Waals surface area contributed by atoms with Crippen molar-refractivity contribution >= 4 is 11.8 Å². The van der Waals surface area contributed by atoms with Crippen molar-refractivity contribution in [2.24, 2.45) is 0 Å². The molecule has 1 rings (SSSR count). The van der Waals surface area contributed by atoms with Crippen LogP contribution in [-0.4, -0.2) is 51.4 Å². The van der Waals surface area contributed by atoms with E-state index >= 15 is 0 Å². The Hall–Kier alpha value is 0.190. The zero-order valence-corrected chi connectivity index (χ0v) is 20.4. The summed E-state index contributed by atoms with van der Waals surface area (Å²) in [6, 6.07) is 0. The number of aliphatic hydroxyl groups excluding tert-OH is 3. The van der Waals surface area contributed by atoms with Gasteiger partial charge in [-0.3, -0.25) is 0 Å². The van der Waals surface area contributed by atoms with Gasteiger partial charge in [-0.1, -0.05) is 116 Å². The molecule has 1 aliphatic rings. The highest BCUT2D eigenvalue weighted by molar-refractivity contribution is 7.99. The van der Waals surface area contributed by atoms with E-state index in [-0.39, 0.29) is 6.61 Å². The Bertz CT molecular complexity index is 369. The topological polar surface area (TPSA) is 69.9 Å². The van der Waals surface area contributed by atoms with Crippen molar-refractivity contribution in [3.8, 4) is 0 Å². The fraction of sp³-hybridized carbons (Fsp3) is 1.00. The monoisotopic (exact) mass is 446 g/mol. The Morgan fingerprint density at radius 3 is 1.43 bits per heavy atom. The van der Waals surface area contributed by atoms with E-state index in [0.717, 1.165) is 12.2 Å². The number of rotatable bonds is 20. The lowest BCUT2D eigenvalue weighted by Gasteiger charge is -2.34. The standard InChI is InChI=1S/C25H50O4S/c1-2-3-4-5-6-7-8-9-10-11-12-13-14-15-16-17-18-19-20-30-25-24(28)23(27)22(26)21-29-25/h22-28H,2-21H2,1H3/t22-,23+,24-,25+/m1/s1. The summed E-state index contributed by atoms with van der Waals surface area (Å²) < 4.78 is 5.41. The molecule has 0 spiro atoms. The van der Waals surface area contributed by atoms with Crippen molar-refractivity contribution in [1.29, 1.82) is 0 Å². The minimum absolute atomic E-state index is 0.106. The molecule has 0 aromatic heterocycles. The fourth-order valence-electron chi connectivity index (χ4n) is 4.13. The van der Waals surface area contributed by atoms with Crippen LogP contribution in [0.1, 0.15) is 122 Å². The molecular formula is C25H50O4S. The van der Waals surface area contributed by atoms with Gasteiger partial charge >= 0.3 is 0 Å². The summed E-state index contributed by atoms with van der Waals surface area (Å²) in [5.41, 5.74) is -0.408. The van der Waals surface area contributed by atoms with E-state index in [0.29, 0.717) is 0 Å². The van der Waals surface area contributed by atoms with Crippen LogP contribution in [0.5, 0.6) is 0 Å². The number of hydrogen-bond acceptors (Lipinski definition) is 5. The minimum Gasteiger partial charge on any atom is -0.388 e. The second kappa shape index (κ2) is 19.8. The van der Waals surface area contributed by atoms with Gasteiger partial charge in [0.25, 0.3) is 0 Å². The van der Waals surface area contributed by atoms with Gasteiger partial charge in [-0.15, -0.1) is 11.8 Å². The molecule has 0 aromatic carbocycles. The molecule has 1 saturated heterocycles. The van der Waals surface area contributed by atoms with Crippen LogP contribution < -0.4 is 0 Å². The lowest BCUT2D eigenvalue weighted by Crippen LogP contribution is -2.51. The first-order valence-electron chi connectivity index (χ1n) is 12.9. The second-order valence-electron chi connectivity index (χ2n) is 9.13. The van der Waals surface area contributed by atoms with Crippen LogP contribution in [0.15, 0.2) is 0 Å². The smallest absolute Gasteiger partial charge is 0.131 e. The van der Waals surface area contributed by atoms with Gasteiger partial charge in [0, 0.05) is 0 Å². The number of hydrogen-bond donors (Lipinski definition) is 3. The first-order valence-corrected chi connectivity index (χ1v) is 14.0. The van der Waals surface area contributed by atoms with Crippen LogP contribution in [-0.2, 0) is 4.74 Å². The molecule has 1 fully saturated rings. The Labute approximate surface area is 190 Å². The highest BCUT2D eigenvalue weighted by Gasteiger charge is 2.37. The molecule has 4 atom stereocenters. The molecule has 0 amide bonds. The maximum absolute atomic E-state index is 9.90. The predicted octanol–water partition coefficient (Wildman–Crippen LogP) is 6.20. The number of ether oxygens (including phenoxy) is 1. The molecule has 1 aliphatic heterocycles. The summed E-state index contributed by atoms with van der Waals surface area (Å²) in [6.07, 6.45) is 21.7. The number of aliphatic hydroxyl groups is 3. The first-order chi connectivity index (χ1) is 14.7. The van der Waals surface area contributed by atoms with Crippen molar-refractivity contribution in [2.45, 2.75) is 146 Å². The van der Waals surface area contributed by atoms with Crippen LogP contribution in [0.25, 0.3) is 0 Å². The van der Waals surface area contributed by atoms with Gasteiger partial charge in [-0.05, 0) is 12.2 Å². The van der Waals surface area contributed by atoms with Gasteiger partial charge in [0.05, 0.1) is 6.61 Å². The third-order valence-corrected chi connectivity index (χ3v) is 7.50. The third-order valence-electron chi connectivity index (χ3n) is 6.23. The molecule has 30 heavy (non-hydrogen) atoms. The summed E-state index contributed by atoms with van der Waals surface area (Å²) in [5.74, 6) is 0.934. The zero-order valence-electron chi connectivity index (χ0n) is 19.6. The fourth-order valence-corrected chi connectivity index (χ4v) is 5.27. The van der Waals surface area contributed by atoms with Crippen LogP contribution in [0, 0.1) is 0 Å². The average Bonchev–Trinajstić information content (AvgIpc) is 2.75. The quantitative estimate of drug-likeness (QED) is 0.194. The number of unbranched alkanes of at least 4 members (excludes halogenated alkanes) is 17. The summed E-state index contributed by atoms with van der Waals surface area (Å²) in [7, 11) is 0. The molecule has 0 radical (unpaired) electrons. The summed E-state index contributed by atoms with van der Waals surface area (Å²) in [5, 5.41) is 29.0. The Morgan fingerprint density at radius 1 is 0.600 bits per heavy atom. The van der Waals surface area contributed by atoms with E-state index in [1.807, 2.05) is 0 Å². The molecular weight excluding hydrogens is 396 g/mol. The molecule has 0 aliphatic carbocycles. The normalized spacial score (nSPS) is 24.4. The lowest BCUT2D eigenvalue weighted by molar-refractivity contribution is -0.161. The van der Waals surface area contributed by atoms with Crippen molar-refractivity contribution < 1.29 is 20.1 Å². The molecule has 0 aromatic rings. The largest absolute Gasteiger partial charge is 0.388 e. The summed E-state index contributed by atoms with van der Waals surface area (Å²) in [4.78, 5) is 0. The maximum Gasteiger partial charge on any atom is 0.131 e. The third kappa shape index (κ3) is 14.3. The molecule has 0 bridgehead atoms. The predicted molar refractivity (Wildman–Crippen MR) is 129 cm³/mol. The van der Waals surface area contributed by atoms with Gasteiger partial charge in [0.2, 0.25) is 0 Å². The molecule has 0 saturated carbocycles. The zero-order chi connectivity index (χ0) is 21.9. The Kier molecular flexibility index (Phi) is 18.7. The molecule has 1 heterocycles. The Balaban J connectivity index is 1.74. The van der Waals surface area contributed by atoms with Crippen molar-refractivity contribution in [2.75, 3.05) is 12.4 Å². The highest BCUT2D eigenvalue weighted by atomic mass is 32.2. The van der Waals surface area contributed by atoms with Gasteiger partial charge < -0.3 is 20.1 Å². The first kappa shape index (κ1) is 28.2. The number of thioether (sulfide) groups is 1. The van der Waals surface area contributed by atoms with Gasteiger partial charge in [-0.2, -0.15) is 0 Å². The van der Waals surface area contributed by atoms with Crippen molar-refractivity contribution in [3.05, 3.63) is 0 Å². The average molecular weight is 447 g/mol. The van der Waals surface area contributed by atoms with Crippen LogP contribution >= 0.6 is 11.8 Å². The van der Waals surface area contributed by atoms with Gasteiger partial charge in [0.1, 0.15) is 23.7 Å². The van der Waals surface area contributed by atoms with Crippen molar-refractivity contribution in [1.82, 2.24) is 0 Å². The molecule has 0 unspecified atom stereocenters. The van der Waals surface area contributed by atoms with Crippen LogP contribution in [0.3, 0.4) is 0 Å². The molecule has 180 valence electrons. The van der Waals surface area contributed by atoms with E-state index in [1.54, 1.807) is 11.8 Å². The van der Waals surface area contributed by atoms with Crippen LogP contribution in [0.2, 0.25) is 0 Å². The van der Waals surface area contributed by atoms with E-state index in [1.165, 1.54) is 109 Å². The molecule has 3 N–H and O–H groups in total. The van der Waals surface area contributed by atoms with E-state index in [9.17, 15) is 15.3 Å². The SMILES string of the molecule is CCCCCCCCCCCCCCCCCCCCS[C@@H]1OC[C@@H](O)[C@H](O)[C@H]1O. The summed E-state index contributed by atoms with van der Waals surface area (Å²) in [6.45, 7) is 2.39. The maximum atomic E-state index is 9.90. The van der Waals surface area contributed by atoms with Crippen LogP contribution in [0.4, 0.5) is 0 Å². The summed E-state index contributed by atoms with van der Waals surface area (Å²) >= 11 is 1.56. The van der Waals surface area contributed by atoms with E-state index in [4.69, 9.17) is 4.74 Å². The molecule has 5 heteroatoms. The second-order valence-corrected chi connectivity index (χ2v) is 10.3.